The van der Waals surface area contributed by atoms with Crippen LogP contribution < -0.4 is 10.5 Å². The molecule has 0 aromatic heterocycles. The summed E-state index contributed by atoms with van der Waals surface area (Å²) in [5.74, 6) is 0.823. The molecule has 3 N–H and O–H groups in total. The number of benzene rings is 1. The van der Waals surface area contributed by atoms with E-state index in [1.165, 1.54) is 0 Å². The maximum atomic E-state index is 9.49. The number of aliphatic hydroxyl groups excluding tert-OH is 1. The first-order valence-corrected chi connectivity index (χ1v) is 6.23. The van der Waals surface area contributed by atoms with Gasteiger partial charge in [0, 0.05) is 18.6 Å². The van der Waals surface area contributed by atoms with Crippen LogP contribution in [0, 0.1) is 0 Å². The highest BCUT2D eigenvalue weighted by atomic mass is 16.5. The zero-order valence-electron chi connectivity index (χ0n) is 11.6. The van der Waals surface area contributed by atoms with Crippen molar-refractivity contribution >= 4 is 0 Å². The fraction of sp³-hybridized carbons (Fsp3) is 0.571. The molecular weight excluding hydrogens is 228 g/mol. The van der Waals surface area contributed by atoms with Gasteiger partial charge in [0.25, 0.3) is 0 Å². The van der Waals surface area contributed by atoms with E-state index in [1.54, 1.807) is 14.0 Å². The van der Waals surface area contributed by atoms with Gasteiger partial charge in [-0.15, -0.1) is 0 Å². The molecule has 18 heavy (non-hydrogen) atoms. The van der Waals surface area contributed by atoms with Crippen molar-refractivity contribution in [2.24, 2.45) is 5.73 Å². The molecule has 0 heterocycles. The highest BCUT2D eigenvalue weighted by Crippen LogP contribution is 2.25. The van der Waals surface area contributed by atoms with Gasteiger partial charge in [-0.25, -0.2) is 0 Å². The van der Waals surface area contributed by atoms with Crippen LogP contribution in [0.1, 0.15) is 25.5 Å². The fourth-order valence-electron chi connectivity index (χ4n) is 2.32. The number of ether oxygens (including phenoxy) is 1. The SMILES string of the molecule is COc1cccc(C(C(C)N)N(C)CC(C)O)c1. The lowest BCUT2D eigenvalue weighted by Gasteiger charge is -2.32. The number of likely N-dealkylation sites (N-methyl/N-ethyl adjacent to an activating group) is 1. The van der Waals surface area contributed by atoms with Gasteiger partial charge in [-0.3, -0.25) is 4.90 Å². The Morgan fingerprint density at radius 2 is 2.06 bits per heavy atom. The molecule has 0 aliphatic rings. The molecule has 0 amide bonds. The summed E-state index contributed by atoms with van der Waals surface area (Å²) in [6.45, 7) is 4.34. The molecule has 1 aromatic carbocycles. The van der Waals surface area contributed by atoms with Crippen molar-refractivity contribution in [2.75, 3.05) is 20.7 Å². The second-order valence-corrected chi connectivity index (χ2v) is 4.87. The van der Waals surface area contributed by atoms with Crippen LogP contribution in [0.4, 0.5) is 0 Å². The molecule has 0 spiro atoms. The molecule has 102 valence electrons. The van der Waals surface area contributed by atoms with E-state index in [0.717, 1.165) is 11.3 Å². The van der Waals surface area contributed by atoms with E-state index in [2.05, 4.69) is 4.90 Å². The minimum absolute atomic E-state index is 0.0270. The largest absolute Gasteiger partial charge is 0.497 e. The molecule has 3 unspecified atom stereocenters. The van der Waals surface area contributed by atoms with E-state index in [9.17, 15) is 5.11 Å². The maximum absolute atomic E-state index is 9.49. The fourth-order valence-corrected chi connectivity index (χ4v) is 2.32. The Labute approximate surface area is 109 Å². The summed E-state index contributed by atoms with van der Waals surface area (Å²) < 4.78 is 5.24. The van der Waals surface area contributed by atoms with Crippen LogP contribution in [0.15, 0.2) is 24.3 Å². The Kier molecular flexibility index (Phi) is 5.59. The molecule has 0 bridgehead atoms. The molecule has 0 radical (unpaired) electrons. The van der Waals surface area contributed by atoms with Crippen molar-refractivity contribution in [3.8, 4) is 5.75 Å². The Hall–Kier alpha value is -1.10. The number of hydrogen-bond acceptors (Lipinski definition) is 4. The topological polar surface area (TPSA) is 58.7 Å². The third-order valence-electron chi connectivity index (χ3n) is 2.96. The van der Waals surface area contributed by atoms with E-state index in [-0.39, 0.29) is 18.2 Å². The van der Waals surface area contributed by atoms with Gasteiger partial charge in [0.1, 0.15) is 5.75 Å². The van der Waals surface area contributed by atoms with Crippen molar-refractivity contribution in [1.29, 1.82) is 0 Å². The third kappa shape index (κ3) is 3.98. The van der Waals surface area contributed by atoms with Crippen LogP contribution in [-0.2, 0) is 0 Å². The van der Waals surface area contributed by atoms with Crippen LogP contribution in [0.5, 0.6) is 5.75 Å². The Morgan fingerprint density at radius 3 is 2.56 bits per heavy atom. The van der Waals surface area contributed by atoms with E-state index in [4.69, 9.17) is 10.5 Å². The van der Waals surface area contributed by atoms with Crippen LogP contribution in [-0.4, -0.2) is 42.9 Å². The minimum Gasteiger partial charge on any atom is -0.497 e. The summed E-state index contributed by atoms with van der Waals surface area (Å²) in [5, 5.41) is 9.49. The highest BCUT2D eigenvalue weighted by Gasteiger charge is 2.22. The summed E-state index contributed by atoms with van der Waals surface area (Å²) in [4.78, 5) is 2.07. The third-order valence-corrected chi connectivity index (χ3v) is 2.96. The van der Waals surface area contributed by atoms with Gasteiger partial charge in [0.2, 0.25) is 0 Å². The second kappa shape index (κ2) is 6.73. The van der Waals surface area contributed by atoms with Crippen molar-refractivity contribution in [1.82, 2.24) is 4.90 Å². The first-order chi connectivity index (χ1) is 8.45. The number of rotatable bonds is 6. The standard InChI is InChI=1S/C14H24N2O2/c1-10(17)9-16(3)14(11(2)15)12-6-5-7-13(8-12)18-4/h5-8,10-11,14,17H,9,15H2,1-4H3. The van der Waals surface area contributed by atoms with Gasteiger partial charge in [-0.2, -0.15) is 0 Å². The van der Waals surface area contributed by atoms with Gasteiger partial charge in [-0.05, 0) is 38.6 Å². The number of nitrogens with two attached hydrogens (primary N) is 1. The summed E-state index contributed by atoms with van der Waals surface area (Å²) >= 11 is 0. The molecule has 0 fully saturated rings. The second-order valence-electron chi connectivity index (χ2n) is 4.87. The van der Waals surface area contributed by atoms with Crippen molar-refractivity contribution < 1.29 is 9.84 Å². The smallest absolute Gasteiger partial charge is 0.119 e. The lowest BCUT2D eigenvalue weighted by atomic mass is 9.99. The molecule has 3 atom stereocenters. The molecule has 0 aliphatic carbocycles. The molecule has 1 aromatic rings. The summed E-state index contributed by atoms with van der Waals surface area (Å²) in [5.41, 5.74) is 7.18. The molecule has 4 heteroatoms. The summed E-state index contributed by atoms with van der Waals surface area (Å²) in [7, 11) is 3.62. The Bertz CT molecular complexity index is 367. The molecule has 1 rings (SSSR count). The van der Waals surface area contributed by atoms with Gasteiger partial charge < -0.3 is 15.6 Å². The van der Waals surface area contributed by atoms with E-state index >= 15 is 0 Å². The van der Waals surface area contributed by atoms with Gasteiger partial charge >= 0.3 is 0 Å². The van der Waals surface area contributed by atoms with Crippen LogP contribution >= 0.6 is 0 Å². The molecular formula is C14H24N2O2. The predicted octanol–water partition coefficient (Wildman–Crippen LogP) is 1.40. The lowest BCUT2D eigenvalue weighted by molar-refractivity contribution is 0.110. The summed E-state index contributed by atoms with van der Waals surface area (Å²) in [6.07, 6.45) is -0.373. The first kappa shape index (κ1) is 15.0. The zero-order chi connectivity index (χ0) is 13.7. The molecule has 4 nitrogen and oxygen atoms in total. The number of hydrogen-bond donors (Lipinski definition) is 2. The van der Waals surface area contributed by atoms with Crippen molar-refractivity contribution in [3.05, 3.63) is 29.8 Å². The quantitative estimate of drug-likeness (QED) is 0.803. The number of aliphatic hydroxyl groups is 1. The van der Waals surface area contributed by atoms with Gasteiger partial charge in [0.05, 0.1) is 13.2 Å². The Morgan fingerprint density at radius 1 is 1.39 bits per heavy atom. The van der Waals surface area contributed by atoms with Crippen LogP contribution in [0.25, 0.3) is 0 Å². The van der Waals surface area contributed by atoms with Gasteiger partial charge in [0.15, 0.2) is 0 Å². The molecule has 0 saturated heterocycles. The lowest BCUT2D eigenvalue weighted by Crippen LogP contribution is -2.40. The van der Waals surface area contributed by atoms with E-state index in [1.807, 2.05) is 38.2 Å². The predicted molar refractivity (Wildman–Crippen MR) is 73.7 cm³/mol. The maximum Gasteiger partial charge on any atom is 0.119 e. The number of nitrogens with zero attached hydrogens (tertiary/aromatic N) is 1. The first-order valence-electron chi connectivity index (χ1n) is 6.23. The number of methoxy groups -OCH3 is 1. The van der Waals surface area contributed by atoms with Crippen molar-refractivity contribution in [2.45, 2.75) is 32.0 Å². The van der Waals surface area contributed by atoms with Gasteiger partial charge in [-0.1, -0.05) is 12.1 Å². The average molecular weight is 252 g/mol. The minimum atomic E-state index is -0.373. The Balaban J connectivity index is 2.96. The monoisotopic (exact) mass is 252 g/mol. The van der Waals surface area contributed by atoms with E-state index < -0.39 is 0 Å². The summed E-state index contributed by atoms with van der Waals surface area (Å²) in [6, 6.07) is 7.94. The molecule has 0 saturated carbocycles. The highest BCUT2D eigenvalue weighted by molar-refractivity contribution is 5.31. The van der Waals surface area contributed by atoms with Crippen LogP contribution in [0.2, 0.25) is 0 Å². The zero-order valence-corrected chi connectivity index (χ0v) is 11.6. The average Bonchev–Trinajstić information content (AvgIpc) is 2.28. The van der Waals surface area contributed by atoms with E-state index in [0.29, 0.717) is 6.54 Å². The van der Waals surface area contributed by atoms with Crippen LogP contribution in [0.3, 0.4) is 0 Å². The molecule has 0 aliphatic heterocycles. The van der Waals surface area contributed by atoms with Crippen molar-refractivity contribution in [3.63, 3.8) is 0 Å². The normalized spacial score (nSPS) is 16.4.